The van der Waals surface area contributed by atoms with Crippen molar-refractivity contribution in [2.45, 2.75) is 6.54 Å². The molecule has 2 aromatic rings. The summed E-state index contributed by atoms with van der Waals surface area (Å²) in [6.45, 7) is 0.139. The van der Waals surface area contributed by atoms with E-state index in [0.29, 0.717) is 18.1 Å². The molecular formula is C11H11ClF2N4. The molecule has 0 radical (unpaired) electrons. The summed E-state index contributed by atoms with van der Waals surface area (Å²) < 4.78 is 26.8. The molecule has 4 nitrogen and oxygen atoms in total. The molecule has 2 rings (SSSR count). The van der Waals surface area contributed by atoms with Gasteiger partial charge in [-0.1, -0.05) is 11.6 Å². The van der Waals surface area contributed by atoms with E-state index in [2.05, 4.69) is 15.4 Å². The molecule has 96 valence electrons. The quantitative estimate of drug-likeness (QED) is 0.848. The van der Waals surface area contributed by atoms with Crippen LogP contribution in [0.3, 0.4) is 0 Å². The highest BCUT2D eigenvalue weighted by atomic mass is 35.5. The minimum atomic E-state index is -0.521. The molecule has 1 aromatic heterocycles. The van der Waals surface area contributed by atoms with Gasteiger partial charge in [-0.3, -0.25) is 0 Å². The highest BCUT2D eigenvalue weighted by Gasteiger charge is 2.08. The van der Waals surface area contributed by atoms with E-state index in [1.54, 1.807) is 6.07 Å². The van der Waals surface area contributed by atoms with Crippen molar-refractivity contribution in [3.63, 3.8) is 0 Å². The number of alkyl halides is 1. The molecule has 0 aliphatic rings. The number of benzene rings is 1. The van der Waals surface area contributed by atoms with Crippen LogP contribution in [0, 0.1) is 5.82 Å². The Balaban J connectivity index is 2.22. The van der Waals surface area contributed by atoms with Gasteiger partial charge in [-0.05, 0) is 12.1 Å². The first-order valence-electron chi connectivity index (χ1n) is 5.33. The summed E-state index contributed by atoms with van der Waals surface area (Å²) >= 11 is 5.61. The zero-order valence-electron chi connectivity index (χ0n) is 9.41. The number of halogens is 3. The minimum absolute atomic E-state index is 0.0518. The van der Waals surface area contributed by atoms with Crippen LogP contribution in [-0.4, -0.2) is 28.0 Å². The van der Waals surface area contributed by atoms with Gasteiger partial charge in [0.25, 0.3) is 0 Å². The molecule has 0 amide bonds. The average molecular weight is 273 g/mol. The Labute approximate surface area is 108 Å². The Kier molecular flexibility index (Phi) is 4.22. The highest BCUT2D eigenvalue weighted by Crippen LogP contribution is 2.18. The van der Waals surface area contributed by atoms with Crippen LogP contribution < -0.4 is 5.32 Å². The third kappa shape index (κ3) is 2.83. The van der Waals surface area contributed by atoms with Gasteiger partial charge in [0.1, 0.15) is 24.6 Å². The first-order valence-corrected chi connectivity index (χ1v) is 5.71. The van der Waals surface area contributed by atoms with Gasteiger partial charge in [0.05, 0.1) is 17.3 Å². The van der Waals surface area contributed by atoms with E-state index < -0.39 is 12.5 Å². The second kappa shape index (κ2) is 5.88. The van der Waals surface area contributed by atoms with E-state index in [0.717, 1.165) is 0 Å². The SMILES string of the molecule is FCCNCc1ncnn1-c1ccc(Cl)c(F)c1. The second-order valence-corrected chi connectivity index (χ2v) is 3.96. The molecule has 0 fully saturated rings. The molecule has 7 heteroatoms. The third-order valence-electron chi connectivity index (χ3n) is 2.32. The van der Waals surface area contributed by atoms with Crippen molar-refractivity contribution in [2.24, 2.45) is 0 Å². The predicted molar refractivity (Wildman–Crippen MR) is 64.0 cm³/mol. The Morgan fingerprint density at radius 1 is 1.39 bits per heavy atom. The molecule has 1 heterocycles. The average Bonchev–Trinajstić information content (AvgIpc) is 2.81. The lowest BCUT2D eigenvalue weighted by molar-refractivity contribution is 0.462. The molecule has 1 N–H and O–H groups in total. The number of nitrogens with zero attached hydrogens (tertiary/aromatic N) is 3. The van der Waals surface area contributed by atoms with Gasteiger partial charge in [0.2, 0.25) is 0 Å². The van der Waals surface area contributed by atoms with Gasteiger partial charge in [0, 0.05) is 12.6 Å². The van der Waals surface area contributed by atoms with E-state index in [9.17, 15) is 8.78 Å². The third-order valence-corrected chi connectivity index (χ3v) is 2.63. The topological polar surface area (TPSA) is 42.7 Å². The summed E-state index contributed by atoms with van der Waals surface area (Å²) in [5.74, 6) is 0.0532. The monoisotopic (exact) mass is 272 g/mol. The van der Waals surface area contributed by atoms with Crippen LogP contribution in [-0.2, 0) is 6.54 Å². The largest absolute Gasteiger partial charge is 0.307 e. The fourth-order valence-corrected chi connectivity index (χ4v) is 1.60. The molecule has 1 aromatic carbocycles. The fraction of sp³-hybridized carbons (Fsp3) is 0.273. The second-order valence-electron chi connectivity index (χ2n) is 3.55. The van der Waals surface area contributed by atoms with Crippen molar-refractivity contribution < 1.29 is 8.78 Å². The van der Waals surface area contributed by atoms with Crippen LogP contribution in [0.15, 0.2) is 24.5 Å². The Morgan fingerprint density at radius 2 is 2.22 bits per heavy atom. The highest BCUT2D eigenvalue weighted by molar-refractivity contribution is 6.30. The van der Waals surface area contributed by atoms with Crippen LogP contribution >= 0.6 is 11.6 Å². The normalized spacial score (nSPS) is 10.8. The van der Waals surface area contributed by atoms with Gasteiger partial charge in [0.15, 0.2) is 0 Å². The molecule has 0 atom stereocenters. The number of rotatable bonds is 5. The van der Waals surface area contributed by atoms with E-state index >= 15 is 0 Å². The lowest BCUT2D eigenvalue weighted by atomic mass is 10.3. The molecule has 0 aliphatic carbocycles. The predicted octanol–water partition coefficient (Wildman–Crippen LogP) is 2.12. The lowest BCUT2D eigenvalue weighted by Crippen LogP contribution is -2.19. The maximum atomic E-state index is 13.4. The standard InChI is InChI=1S/C11H11ClF2N4/c12-9-2-1-8(5-10(9)14)18-11(16-7-17-18)6-15-4-3-13/h1-2,5,7,15H,3-4,6H2. The molecule has 0 bridgehead atoms. The van der Waals surface area contributed by atoms with Crippen molar-refractivity contribution in [3.05, 3.63) is 41.2 Å². The number of nitrogens with one attached hydrogen (secondary N) is 1. The molecule has 0 unspecified atom stereocenters. The zero-order valence-corrected chi connectivity index (χ0v) is 10.2. The van der Waals surface area contributed by atoms with Crippen molar-refractivity contribution in [3.8, 4) is 5.69 Å². The summed E-state index contributed by atoms with van der Waals surface area (Å²) in [5, 5.41) is 6.91. The van der Waals surface area contributed by atoms with Crippen LogP contribution in [0.4, 0.5) is 8.78 Å². The van der Waals surface area contributed by atoms with Crippen LogP contribution in [0.25, 0.3) is 5.69 Å². The minimum Gasteiger partial charge on any atom is -0.307 e. The first-order chi connectivity index (χ1) is 8.72. The van der Waals surface area contributed by atoms with Gasteiger partial charge >= 0.3 is 0 Å². The van der Waals surface area contributed by atoms with Crippen molar-refractivity contribution in [2.75, 3.05) is 13.2 Å². The Morgan fingerprint density at radius 3 is 2.94 bits per heavy atom. The molecule has 18 heavy (non-hydrogen) atoms. The van der Waals surface area contributed by atoms with Gasteiger partial charge in [-0.2, -0.15) is 5.10 Å². The van der Waals surface area contributed by atoms with E-state index in [1.165, 1.54) is 23.1 Å². The van der Waals surface area contributed by atoms with E-state index in [-0.39, 0.29) is 11.6 Å². The van der Waals surface area contributed by atoms with E-state index in [4.69, 9.17) is 11.6 Å². The van der Waals surface area contributed by atoms with Crippen molar-refractivity contribution in [1.29, 1.82) is 0 Å². The number of hydrogen-bond donors (Lipinski definition) is 1. The van der Waals surface area contributed by atoms with Crippen molar-refractivity contribution in [1.82, 2.24) is 20.1 Å². The van der Waals surface area contributed by atoms with Gasteiger partial charge < -0.3 is 5.32 Å². The number of hydrogen-bond acceptors (Lipinski definition) is 3. The van der Waals surface area contributed by atoms with Crippen LogP contribution in [0.5, 0.6) is 0 Å². The molecule has 0 saturated carbocycles. The first kappa shape index (κ1) is 12.9. The molecule has 0 aliphatic heterocycles. The summed E-state index contributed by atoms with van der Waals surface area (Å²) in [6.07, 6.45) is 1.36. The van der Waals surface area contributed by atoms with Crippen molar-refractivity contribution >= 4 is 11.6 Å². The Hall–Kier alpha value is -1.53. The summed E-state index contributed by atoms with van der Waals surface area (Å²) in [7, 11) is 0. The Bertz CT molecular complexity index is 530. The summed E-state index contributed by atoms with van der Waals surface area (Å²) in [5.41, 5.74) is 0.520. The smallest absolute Gasteiger partial charge is 0.146 e. The van der Waals surface area contributed by atoms with Crippen LogP contribution in [0.1, 0.15) is 5.82 Å². The molecule has 0 spiro atoms. The number of aromatic nitrogens is 3. The van der Waals surface area contributed by atoms with Gasteiger partial charge in [-0.25, -0.2) is 18.4 Å². The van der Waals surface area contributed by atoms with Crippen LogP contribution in [0.2, 0.25) is 5.02 Å². The van der Waals surface area contributed by atoms with Gasteiger partial charge in [-0.15, -0.1) is 0 Å². The molecular weight excluding hydrogens is 262 g/mol. The zero-order chi connectivity index (χ0) is 13.0. The fourth-order valence-electron chi connectivity index (χ4n) is 1.49. The summed E-state index contributed by atoms with van der Waals surface area (Å²) in [6, 6.07) is 4.36. The molecule has 0 saturated heterocycles. The maximum Gasteiger partial charge on any atom is 0.146 e. The van der Waals surface area contributed by atoms with E-state index in [1.807, 2.05) is 0 Å². The summed E-state index contributed by atoms with van der Waals surface area (Å²) in [4.78, 5) is 4.03. The lowest BCUT2D eigenvalue weighted by Gasteiger charge is -2.07. The maximum absolute atomic E-state index is 13.4.